The summed E-state index contributed by atoms with van der Waals surface area (Å²) in [4.78, 5) is 19.2. The summed E-state index contributed by atoms with van der Waals surface area (Å²) in [6.45, 7) is 2.18. The number of aromatic nitrogens is 6. The standard InChI is InChI=1S/C23H22N8/c24-16-8-14(11-25-13-16)15-9-18-21(29-30-23(18)27-12-15)19-10-17-20(4-5-26-22(17)28-19)31-6-2-1-3-7-31/h4-5,8-13H,1-3,6-7,24H2,(H,26,28)(H,27,29,30). The second-order valence-electron chi connectivity index (χ2n) is 8.02. The van der Waals surface area contributed by atoms with Crippen molar-refractivity contribution in [3.05, 3.63) is 49.1 Å². The van der Waals surface area contributed by atoms with E-state index in [4.69, 9.17) is 5.73 Å². The van der Waals surface area contributed by atoms with E-state index in [1.807, 2.05) is 18.5 Å². The van der Waals surface area contributed by atoms with Crippen LogP contribution < -0.4 is 10.6 Å². The maximum absolute atomic E-state index is 5.91. The third-order valence-electron chi connectivity index (χ3n) is 5.97. The molecule has 0 spiro atoms. The predicted molar refractivity (Wildman–Crippen MR) is 123 cm³/mol. The van der Waals surface area contributed by atoms with Crippen LogP contribution in [0, 0.1) is 0 Å². The van der Waals surface area contributed by atoms with Crippen LogP contribution in [0.4, 0.5) is 11.4 Å². The van der Waals surface area contributed by atoms with Crippen molar-refractivity contribution in [2.45, 2.75) is 19.3 Å². The Bertz CT molecular complexity index is 1390. The van der Waals surface area contributed by atoms with Crippen LogP contribution >= 0.6 is 0 Å². The Morgan fingerprint density at radius 1 is 0.871 bits per heavy atom. The number of nitrogens with one attached hydrogen (secondary N) is 2. The van der Waals surface area contributed by atoms with Gasteiger partial charge in [0.2, 0.25) is 0 Å². The zero-order chi connectivity index (χ0) is 20.8. The van der Waals surface area contributed by atoms with Gasteiger partial charge >= 0.3 is 0 Å². The molecule has 31 heavy (non-hydrogen) atoms. The van der Waals surface area contributed by atoms with E-state index in [1.54, 1.807) is 12.4 Å². The van der Waals surface area contributed by atoms with Crippen LogP contribution in [0.25, 0.3) is 44.6 Å². The Balaban J connectivity index is 1.46. The van der Waals surface area contributed by atoms with Crippen LogP contribution in [0.2, 0.25) is 0 Å². The lowest BCUT2D eigenvalue weighted by molar-refractivity contribution is 0.579. The number of pyridine rings is 3. The van der Waals surface area contributed by atoms with E-state index in [2.05, 4.69) is 53.2 Å². The summed E-state index contributed by atoms with van der Waals surface area (Å²) in [6.07, 6.45) is 10.9. The van der Waals surface area contributed by atoms with Crippen molar-refractivity contribution >= 4 is 33.4 Å². The van der Waals surface area contributed by atoms with E-state index in [1.165, 1.54) is 24.9 Å². The van der Waals surface area contributed by atoms with Gasteiger partial charge in [0.25, 0.3) is 0 Å². The van der Waals surface area contributed by atoms with Gasteiger partial charge in [0.15, 0.2) is 5.65 Å². The van der Waals surface area contributed by atoms with Gasteiger partial charge in [-0.1, -0.05) is 0 Å². The normalized spacial score (nSPS) is 14.5. The topological polar surface area (TPSA) is 112 Å². The first-order valence-electron chi connectivity index (χ1n) is 10.5. The molecule has 1 saturated heterocycles. The number of hydrogen-bond donors (Lipinski definition) is 3. The van der Waals surface area contributed by atoms with Gasteiger partial charge in [-0.2, -0.15) is 5.10 Å². The molecule has 0 saturated carbocycles. The monoisotopic (exact) mass is 410 g/mol. The molecule has 6 heterocycles. The Hall–Kier alpha value is -3.94. The number of hydrogen-bond acceptors (Lipinski definition) is 6. The lowest BCUT2D eigenvalue weighted by Gasteiger charge is -2.29. The molecule has 1 aliphatic rings. The first kappa shape index (κ1) is 17.9. The number of aromatic amines is 2. The van der Waals surface area contributed by atoms with Gasteiger partial charge < -0.3 is 15.6 Å². The molecule has 0 radical (unpaired) electrons. The van der Waals surface area contributed by atoms with Gasteiger partial charge in [0.05, 0.1) is 11.4 Å². The first-order chi connectivity index (χ1) is 15.3. The van der Waals surface area contributed by atoms with Crippen LogP contribution in [-0.2, 0) is 0 Å². The Morgan fingerprint density at radius 2 is 1.74 bits per heavy atom. The Morgan fingerprint density at radius 3 is 2.61 bits per heavy atom. The minimum absolute atomic E-state index is 0.622. The van der Waals surface area contributed by atoms with Crippen LogP contribution in [-0.4, -0.2) is 43.2 Å². The largest absolute Gasteiger partial charge is 0.397 e. The molecule has 0 atom stereocenters. The van der Waals surface area contributed by atoms with Gasteiger partial charge in [-0.15, -0.1) is 0 Å². The summed E-state index contributed by atoms with van der Waals surface area (Å²) in [5.41, 5.74) is 13.0. The number of piperidine rings is 1. The van der Waals surface area contributed by atoms with Gasteiger partial charge in [-0.25, -0.2) is 9.97 Å². The molecular formula is C23H22N8. The van der Waals surface area contributed by atoms with Gasteiger partial charge in [-0.05, 0) is 43.5 Å². The van der Waals surface area contributed by atoms with Crippen LogP contribution in [0.1, 0.15) is 19.3 Å². The van der Waals surface area contributed by atoms with Gasteiger partial charge in [0.1, 0.15) is 11.3 Å². The van der Waals surface area contributed by atoms with Gasteiger partial charge in [0, 0.05) is 65.5 Å². The number of nitrogens with two attached hydrogens (primary N) is 1. The van der Waals surface area contributed by atoms with Crippen molar-refractivity contribution in [2.75, 3.05) is 23.7 Å². The molecule has 5 aromatic rings. The number of rotatable bonds is 3. The summed E-state index contributed by atoms with van der Waals surface area (Å²) in [6, 6.07) is 8.23. The Kier molecular flexibility index (Phi) is 4.09. The molecule has 1 aliphatic heterocycles. The molecule has 5 aromatic heterocycles. The molecule has 1 fully saturated rings. The molecule has 4 N–H and O–H groups in total. The maximum atomic E-state index is 5.91. The molecule has 0 aliphatic carbocycles. The third kappa shape index (κ3) is 3.07. The van der Waals surface area contributed by atoms with Gasteiger partial charge in [-0.3, -0.25) is 10.1 Å². The van der Waals surface area contributed by atoms with Crippen molar-refractivity contribution in [1.29, 1.82) is 0 Å². The average molecular weight is 410 g/mol. The minimum Gasteiger partial charge on any atom is -0.397 e. The highest BCUT2D eigenvalue weighted by molar-refractivity contribution is 5.98. The van der Waals surface area contributed by atoms with Crippen molar-refractivity contribution in [2.24, 2.45) is 0 Å². The zero-order valence-corrected chi connectivity index (χ0v) is 17.0. The molecule has 0 unspecified atom stereocenters. The smallest absolute Gasteiger partial charge is 0.155 e. The average Bonchev–Trinajstić information content (AvgIpc) is 3.43. The summed E-state index contributed by atoms with van der Waals surface area (Å²) >= 11 is 0. The molecular weight excluding hydrogens is 388 g/mol. The van der Waals surface area contributed by atoms with Crippen molar-refractivity contribution in [3.8, 4) is 22.5 Å². The number of fused-ring (bicyclic) bond motifs is 2. The molecule has 0 bridgehead atoms. The third-order valence-corrected chi connectivity index (χ3v) is 5.97. The summed E-state index contributed by atoms with van der Waals surface area (Å²) in [5.74, 6) is 0. The van der Waals surface area contributed by atoms with Crippen molar-refractivity contribution < 1.29 is 0 Å². The summed E-state index contributed by atoms with van der Waals surface area (Å²) < 4.78 is 0. The molecule has 154 valence electrons. The second kappa shape index (κ2) is 7.09. The molecule has 8 heteroatoms. The number of nitrogen functional groups attached to an aromatic ring is 1. The predicted octanol–water partition coefficient (Wildman–Crippen LogP) is 4.14. The number of nitrogens with zero attached hydrogens (tertiary/aromatic N) is 5. The first-order valence-corrected chi connectivity index (χ1v) is 10.5. The van der Waals surface area contributed by atoms with Crippen molar-refractivity contribution in [1.82, 2.24) is 30.1 Å². The van der Waals surface area contributed by atoms with Crippen molar-refractivity contribution in [3.63, 3.8) is 0 Å². The SMILES string of the molecule is Nc1cncc(-c2cnc3[nH]nc(-c4cc5c(N6CCCCC6)ccnc5[nH]4)c3c2)c1. The minimum atomic E-state index is 0.622. The Labute approximate surface area is 178 Å². The van der Waals surface area contributed by atoms with E-state index in [0.29, 0.717) is 5.69 Å². The fourth-order valence-corrected chi connectivity index (χ4v) is 4.43. The molecule has 6 rings (SSSR count). The van der Waals surface area contributed by atoms with Crippen LogP contribution in [0.15, 0.2) is 49.1 Å². The molecule has 0 amide bonds. The zero-order valence-electron chi connectivity index (χ0n) is 17.0. The fraction of sp³-hybridized carbons (Fsp3) is 0.217. The van der Waals surface area contributed by atoms with E-state index >= 15 is 0 Å². The maximum Gasteiger partial charge on any atom is 0.155 e. The van der Waals surface area contributed by atoms with E-state index in [-0.39, 0.29) is 0 Å². The number of H-pyrrole nitrogens is 2. The van der Waals surface area contributed by atoms with E-state index in [9.17, 15) is 0 Å². The fourth-order valence-electron chi connectivity index (χ4n) is 4.43. The molecule has 0 aromatic carbocycles. The highest BCUT2D eigenvalue weighted by Gasteiger charge is 2.18. The van der Waals surface area contributed by atoms with Crippen LogP contribution in [0.3, 0.4) is 0 Å². The quantitative estimate of drug-likeness (QED) is 0.412. The summed E-state index contributed by atoms with van der Waals surface area (Å²) in [7, 11) is 0. The van der Waals surface area contributed by atoms with Crippen LogP contribution in [0.5, 0.6) is 0 Å². The highest BCUT2D eigenvalue weighted by Crippen LogP contribution is 2.34. The highest BCUT2D eigenvalue weighted by atomic mass is 15.2. The lowest BCUT2D eigenvalue weighted by atomic mass is 10.1. The second-order valence-corrected chi connectivity index (χ2v) is 8.02. The molecule has 8 nitrogen and oxygen atoms in total. The lowest BCUT2D eigenvalue weighted by Crippen LogP contribution is -2.29. The van der Waals surface area contributed by atoms with E-state index < -0.39 is 0 Å². The van der Waals surface area contributed by atoms with E-state index in [0.717, 1.165) is 57.7 Å². The number of anilines is 2. The summed E-state index contributed by atoms with van der Waals surface area (Å²) in [5, 5.41) is 9.66.